The van der Waals surface area contributed by atoms with Crippen LogP contribution in [0, 0.1) is 18.2 Å². The van der Waals surface area contributed by atoms with E-state index in [0.29, 0.717) is 5.56 Å². The number of nitrogens with zero attached hydrogens (tertiary/aromatic N) is 1. The van der Waals surface area contributed by atoms with Crippen molar-refractivity contribution in [2.75, 3.05) is 13.1 Å². The molecule has 1 aromatic rings. The molecule has 1 saturated heterocycles. The highest BCUT2D eigenvalue weighted by molar-refractivity contribution is 5.29. The SMILES string of the molecule is Cc1cc(C(N2CC(C)(C)C2)C(C)(C)F)ccc1F. The van der Waals surface area contributed by atoms with E-state index in [0.717, 1.165) is 18.7 Å². The van der Waals surface area contributed by atoms with Crippen molar-refractivity contribution in [1.29, 1.82) is 0 Å². The summed E-state index contributed by atoms with van der Waals surface area (Å²) in [5.41, 5.74) is 0.340. The Morgan fingerprint density at radius 1 is 1.26 bits per heavy atom. The van der Waals surface area contributed by atoms with Gasteiger partial charge in [0, 0.05) is 13.1 Å². The summed E-state index contributed by atoms with van der Waals surface area (Å²) in [6, 6.07) is 4.61. The summed E-state index contributed by atoms with van der Waals surface area (Å²) < 4.78 is 27.9. The molecule has 1 atom stereocenters. The molecule has 0 amide bonds. The molecule has 106 valence electrons. The molecule has 1 fully saturated rings. The first kappa shape index (κ1) is 14.4. The lowest BCUT2D eigenvalue weighted by Gasteiger charge is -2.52. The zero-order valence-electron chi connectivity index (χ0n) is 12.4. The molecule has 0 aromatic heterocycles. The van der Waals surface area contributed by atoms with Crippen molar-refractivity contribution in [2.24, 2.45) is 5.41 Å². The van der Waals surface area contributed by atoms with Crippen LogP contribution >= 0.6 is 0 Å². The lowest BCUT2D eigenvalue weighted by molar-refractivity contribution is -0.0590. The summed E-state index contributed by atoms with van der Waals surface area (Å²) in [5.74, 6) is -0.233. The molecule has 1 unspecified atom stereocenters. The predicted molar refractivity (Wildman–Crippen MR) is 74.4 cm³/mol. The van der Waals surface area contributed by atoms with E-state index in [9.17, 15) is 8.78 Å². The van der Waals surface area contributed by atoms with Crippen molar-refractivity contribution >= 4 is 0 Å². The highest BCUT2D eigenvalue weighted by atomic mass is 19.1. The third-order valence-electron chi connectivity index (χ3n) is 3.78. The number of aryl methyl sites for hydroxylation is 1. The van der Waals surface area contributed by atoms with Crippen LogP contribution in [0.2, 0.25) is 0 Å². The standard InChI is InChI=1S/C16H23F2N/c1-11-8-12(6-7-13(11)17)14(16(4,5)18)19-9-15(2,3)10-19/h6-8,14H,9-10H2,1-5H3. The minimum Gasteiger partial charge on any atom is -0.292 e. The van der Waals surface area contributed by atoms with E-state index in [1.54, 1.807) is 32.9 Å². The Morgan fingerprint density at radius 2 is 1.84 bits per heavy atom. The molecule has 1 nitrogen and oxygen atoms in total. The fraction of sp³-hybridized carbons (Fsp3) is 0.625. The van der Waals surface area contributed by atoms with E-state index in [-0.39, 0.29) is 17.3 Å². The molecule has 1 aliphatic heterocycles. The minimum atomic E-state index is -1.35. The molecule has 0 N–H and O–H groups in total. The van der Waals surface area contributed by atoms with E-state index in [2.05, 4.69) is 18.7 Å². The molecule has 1 heterocycles. The summed E-state index contributed by atoms with van der Waals surface area (Å²) in [6.45, 7) is 11.0. The zero-order chi connectivity index (χ0) is 14.4. The van der Waals surface area contributed by atoms with Crippen LogP contribution in [-0.2, 0) is 0 Å². The van der Waals surface area contributed by atoms with Crippen molar-refractivity contribution in [3.8, 4) is 0 Å². The van der Waals surface area contributed by atoms with E-state index in [4.69, 9.17) is 0 Å². The molecule has 1 aliphatic rings. The lowest BCUT2D eigenvalue weighted by atomic mass is 9.79. The van der Waals surface area contributed by atoms with Gasteiger partial charge in [-0.2, -0.15) is 0 Å². The van der Waals surface area contributed by atoms with Crippen LogP contribution in [0.4, 0.5) is 8.78 Å². The van der Waals surface area contributed by atoms with Crippen LogP contribution < -0.4 is 0 Å². The van der Waals surface area contributed by atoms with Crippen LogP contribution in [0.25, 0.3) is 0 Å². The van der Waals surface area contributed by atoms with Gasteiger partial charge in [0.2, 0.25) is 0 Å². The van der Waals surface area contributed by atoms with E-state index < -0.39 is 5.67 Å². The fourth-order valence-electron chi connectivity index (χ4n) is 3.12. The summed E-state index contributed by atoms with van der Waals surface area (Å²) in [4.78, 5) is 2.15. The van der Waals surface area contributed by atoms with Gasteiger partial charge in [0.05, 0.1) is 6.04 Å². The van der Waals surface area contributed by atoms with Gasteiger partial charge >= 0.3 is 0 Å². The summed E-state index contributed by atoms with van der Waals surface area (Å²) >= 11 is 0. The largest absolute Gasteiger partial charge is 0.292 e. The average Bonchev–Trinajstić information content (AvgIpc) is 2.19. The number of hydrogen-bond donors (Lipinski definition) is 0. The highest BCUT2D eigenvalue weighted by Crippen LogP contribution is 2.42. The van der Waals surface area contributed by atoms with E-state index >= 15 is 0 Å². The van der Waals surface area contributed by atoms with Crippen molar-refractivity contribution in [3.63, 3.8) is 0 Å². The van der Waals surface area contributed by atoms with Crippen molar-refractivity contribution in [1.82, 2.24) is 4.90 Å². The Kier molecular flexibility index (Phi) is 3.46. The van der Waals surface area contributed by atoms with Gasteiger partial charge in [-0.25, -0.2) is 8.78 Å². The first-order valence-electron chi connectivity index (χ1n) is 6.79. The normalized spacial score (nSPS) is 21.0. The topological polar surface area (TPSA) is 3.24 Å². The molecule has 0 radical (unpaired) electrons. The van der Waals surface area contributed by atoms with Crippen LogP contribution in [0.3, 0.4) is 0 Å². The van der Waals surface area contributed by atoms with E-state index in [1.807, 2.05) is 0 Å². The van der Waals surface area contributed by atoms with Gasteiger partial charge in [-0.15, -0.1) is 0 Å². The number of hydrogen-bond acceptors (Lipinski definition) is 1. The maximum atomic E-state index is 14.6. The second kappa shape index (κ2) is 4.55. The molecule has 3 heteroatoms. The molecule has 19 heavy (non-hydrogen) atoms. The van der Waals surface area contributed by atoms with Gasteiger partial charge in [0.1, 0.15) is 11.5 Å². The Hall–Kier alpha value is -0.960. The Bertz CT molecular complexity index is 466. The minimum absolute atomic E-state index is 0.233. The molecule has 0 spiro atoms. The first-order chi connectivity index (χ1) is 8.60. The molecule has 0 aliphatic carbocycles. The molecule has 0 saturated carbocycles. The monoisotopic (exact) mass is 267 g/mol. The summed E-state index contributed by atoms with van der Waals surface area (Å²) in [6.07, 6.45) is 0. The summed E-state index contributed by atoms with van der Waals surface area (Å²) in [7, 11) is 0. The quantitative estimate of drug-likeness (QED) is 0.790. The zero-order valence-corrected chi connectivity index (χ0v) is 12.4. The lowest BCUT2D eigenvalue weighted by Crippen LogP contribution is -2.57. The molecular formula is C16H23F2N. The number of halogens is 2. The molecule has 1 aromatic carbocycles. The van der Waals surface area contributed by atoms with Gasteiger partial charge in [-0.1, -0.05) is 26.0 Å². The second-order valence-corrected chi connectivity index (χ2v) is 7.04. The Morgan fingerprint density at radius 3 is 2.26 bits per heavy atom. The van der Waals surface area contributed by atoms with Gasteiger partial charge in [-0.05, 0) is 43.4 Å². The van der Waals surface area contributed by atoms with Crippen LogP contribution in [0.1, 0.15) is 44.9 Å². The van der Waals surface area contributed by atoms with Crippen LogP contribution in [-0.4, -0.2) is 23.7 Å². The highest BCUT2D eigenvalue weighted by Gasteiger charge is 2.44. The van der Waals surface area contributed by atoms with Gasteiger partial charge < -0.3 is 0 Å². The predicted octanol–water partition coefficient (Wildman–Crippen LogP) is 4.27. The number of rotatable bonds is 3. The van der Waals surface area contributed by atoms with Crippen molar-refractivity contribution < 1.29 is 8.78 Å². The first-order valence-corrected chi connectivity index (χ1v) is 6.79. The molecule has 2 rings (SSSR count). The third-order valence-corrected chi connectivity index (χ3v) is 3.78. The fourth-order valence-corrected chi connectivity index (χ4v) is 3.12. The number of benzene rings is 1. The maximum absolute atomic E-state index is 14.6. The smallest absolute Gasteiger partial charge is 0.126 e. The third kappa shape index (κ3) is 2.97. The van der Waals surface area contributed by atoms with Gasteiger partial charge in [0.15, 0.2) is 0 Å². The second-order valence-electron chi connectivity index (χ2n) is 7.04. The van der Waals surface area contributed by atoms with Crippen molar-refractivity contribution in [2.45, 2.75) is 46.3 Å². The summed E-state index contributed by atoms with van der Waals surface area (Å²) in [5, 5.41) is 0. The molecular weight excluding hydrogens is 244 g/mol. The van der Waals surface area contributed by atoms with Crippen molar-refractivity contribution in [3.05, 3.63) is 35.1 Å². The Balaban J connectivity index is 2.31. The van der Waals surface area contributed by atoms with Crippen LogP contribution in [0.15, 0.2) is 18.2 Å². The Labute approximate surface area is 114 Å². The maximum Gasteiger partial charge on any atom is 0.126 e. The molecule has 0 bridgehead atoms. The number of likely N-dealkylation sites (tertiary alicyclic amines) is 1. The number of alkyl halides is 1. The van der Waals surface area contributed by atoms with Crippen LogP contribution in [0.5, 0.6) is 0 Å². The van der Waals surface area contributed by atoms with E-state index in [1.165, 1.54) is 6.07 Å². The van der Waals surface area contributed by atoms with Gasteiger partial charge in [0.25, 0.3) is 0 Å². The average molecular weight is 267 g/mol. The van der Waals surface area contributed by atoms with Gasteiger partial charge in [-0.3, -0.25) is 4.90 Å².